The molecular weight excluding hydrogens is 305 g/mol. The number of amides is 1. The number of nitrogens with zero attached hydrogens (tertiary/aromatic N) is 2. The van der Waals surface area contributed by atoms with E-state index in [9.17, 15) is 4.79 Å². The molecule has 1 aromatic carbocycles. The lowest BCUT2D eigenvalue weighted by atomic mass is 10.3. The molecule has 0 aliphatic heterocycles. The second kappa shape index (κ2) is 6.32. The SMILES string of the molecule is Cn1ccnc1SCC(=O)Nc1cc(Cl)cc(Cl)c1. The molecule has 0 saturated heterocycles. The van der Waals surface area contributed by atoms with E-state index in [4.69, 9.17) is 23.2 Å². The molecule has 0 aliphatic rings. The van der Waals surface area contributed by atoms with Gasteiger partial charge in [0, 0.05) is 35.2 Å². The van der Waals surface area contributed by atoms with E-state index in [1.54, 1.807) is 24.4 Å². The number of carbonyl (C=O) groups is 1. The van der Waals surface area contributed by atoms with Crippen LogP contribution >= 0.6 is 35.0 Å². The molecule has 2 aromatic rings. The summed E-state index contributed by atoms with van der Waals surface area (Å²) in [6.07, 6.45) is 3.52. The molecule has 0 unspecified atom stereocenters. The fourth-order valence-electron chi connectivity index (χ4n) is 1.44. The van der Waals surface area contributed by atoms with Gasteiger partial charge in [-0.05, 0) is 18.2 Å². The standard InChI is InChI=1S/C12H11Cl2N3OS/c1-17-3-2-15-12(17)19-7-11(18)16-10-5-8(13)4-9(14)6-10/h2-6H,7H2,1H3,(H,16,18). The normalized spacial score (nSPS) is 10.5. The largest absolute Gasteiger partial charge is 0.329 e. The number of hydrogen-bond donors (Lipinski definition) is 1. The molecule has 0 aliphatic carbocycles. The van der Waals surface area contributed by atoms with E-state index >= 15 is 0 Å². The number of rotatable bonds is 4. The smallest absolute Gasteiger partial charge is 0.234 e. The first-order chi connectivity index (χ1) is 9.04. The van der Waals surface area contributed by atoms with Crippen LogP contribution in [-0.4, -0.2) is 21.2 Å². The number of imidazole rings is 1. The molecule has 2 rings (SSSR count). The van der Waals surface area contributed by atoms with E-state index < -0.39 is 0 Å². The van der Waals surface area contributed by atoms with Gasteiger partial charge in [0.25, 0.3) is 0 Å². The first-order valence-corrected chi connectivity index (χ1v) is 7.15. The average molecular weight is 316 g/mol. The Labute approximate surface area is 125 Å². The van der Waals surface area contributed by atoms with Crippen LogP contribution < -0.4 is 5.32 Å². The summed E-state index contributed by atoms with van der Waals surface area (Å²) >= 11 is 13.1. The molecule has 4 nitrogen and oxygen atoms in total. The minimum atomic E-state index is -0.133. The Kier molecular flexibility index (Phi) is 4.74. The molecule has 1 heterocycles. The molecular formula is C12H11Cl2N3OS. The number of thioether (sulfide) groups is 1. The van der Waals surface area contributed by atoms with Gasteiger partial charge in [0.1, 0.15) is 0 Å². The quantitative estimate of drug-likeness (QED) is 0.879. The second-order valence-electron chi connectivity index (χ2n) is 3.82. The average Bonchev–Trinajstić information content (AvgIpc) is 2.71. The Morgan fingerprint density at radius 1 is 1.37 bits per heavy atom. The van der Waals surface area contributed by atoms with Crippen LogP contribution in [0.4, 0.5) is 5.69 Å². The Balaban J connectivity index is 1.92. The molecule has 0 fully saturated rings. The third-order valence-electron chi connectivity index (χ3n) is 2.26. The first kappa shape index (κ1) is 14.2. The van der Waals surface area contributed by atoms with Crippen molar-refractivity contribution in [2.45, 2.75) is 5.16 Å². The fourth-order valence-corrected chi connectivity index (χ4v) is 2.70. The number of benzene rings is 1. The van der Waals surface area contributed by atoms with Crippen molar-refractivity contribution in [1.29, 1.82) is 0 Å². The maximum absolute atomic E-state index is 11.8. The van der Waals surface area contributed by atoms with Gasteiger partial charge in [-0.3, -0.25) is 4.79 Å². The second-order valence-corrected chi connectivity index (χ2v) is 5.63. The zero-order valence-corrected chi connectivity index (χ0v) is 12.4. The Bertz CT molecular complexity index is 580. The molecule has 1 N–H and O–H groups in total. The minimum absolute atomic E-state index is 0.133. The summed E-state index contributed by atoms with van der Waals surface area (Å²) in [6.45, 7) is 0. The number of anilines is 1. The highest BCUT2D eigenvalue weighted by Crippen LogP contribution is 2.23. The Morgan fingerprint density at radius 3 is 2.63 bits per heavy atom. The van der Waals surface area contributed by atoms with Crippen molar-refractivity contribution in [3.63, 3.8) is 0 Å². The highest BCUT2D eigenvalue weighted by molar-refractivity contribution is 7.99. The topological polar surface area (TPSA) is 46.9 Å². The van der Waals surface area contributed by atoms with E-state index in [-0.39, 0.29) is 11.7 Å². The van der Waals surface area contributed by atoms with Crippen molar-refractivity contribution >= 4 is 46.6 Å². The molecule has 0 spiro atoms. The van der Waals surface area contributed by atoms with Gasteiger partial charge in [-0.2, -0.15) is 0 Å². The van der Waals surface area contributed by atoms with E-state index in [0.29, 0.717) is 15.7 Å². The summed E-state index contributed by atoms with van der Waals surface area (Å²) in [5, 5.41) is 4.50. The number of nitrogens with one attached hydrogen (secondary N) is 1. The minimum Gasteiger partial charge on any atom is -0.329 e. The highest BCUT2D eigenvalue weighted by Gasteiger charge is 2.07. The number of hydrogen-bond acceptors (Lipinski definition) is 3. The molecule has 0 saturated carbocycles. The van der Waals surface area contributed by atoms with Crippen molar-refractivity contribution in [3.05, 3.63) is 40.6 Å². The Hall–Kier alpha value is -1.17. The fraction of sp³-hybridized carbons (Fsp3) is 0.167. The zero-order valence-electron chi connectivity index (χ0n) is 10.1. The van der Waals surface area contributed by atoms with Crippen LogP contribution in [0.15, 0.2) is 35.7 Å². The predicted molar refractivity (Wildman–Crippen MR) is 79.0 cm³/mol. The molecule has 19 heavy (non-hydrogen) atoms. The van der Waals surface area contributed by atoms with Crippen molar-refractivity contribution in [2.24, 2.45) is 7.05 Å². The van der Waals surface area contributed by atoms with Crippen LogP contribution in [0.2, 0.25) is 10.0 Å². The summed E-state index contributed by atoms with van der Waals surface area (Å²) in [5.74, 6) is 0.140. The lowest BCUT2D eigenvalue weighted by Gasteiger charge is -2.06. The summed E-state index contributed by atoms with van der Waals surface area (Å²) in [5.41, 5.74) is 0.586. The summed E-state index contributed by atoms with van der Waals surface area (Å²) in [7, 11) is 1.88. The summed E-state index contributed by atoms with van der Waals surface area (Å²) < 4.78 is 1.86. The number of halogens is 2. The van der Waals surface area contributed by atoms with Crippen LogP contribution in [0.1, 0.15) is 0 Å². The molecule has 1 amide bonds. The molecule has 0 bridgehead atoms. The van der Waals surface area contributed by atoms with Gasteiger partial charge in [-0.25, -0.2) is 4.98 Å². The Morgan fingerprint density at radius 2 is 2.05 bits per heavy atom. The van der Waals surface area contributed by atoms with Crippen molar-refractivity contribution in [3.8, 4) is 0 Å². The monoisotopic (exact) mass is 315 g/mol. The van der Waals surface area contributed by atoms with Crippen LogP contribution in [0.5, 0.6) is 0 Å². The van der Waals surface area contributed by atoms with Gasteiger partial charge in [0.05, 0.1) is 5.75 Å². The van der Waals surface area contributed by atoms with E-state index in [1.165, 1.54) is 11.8 Å². The van der Waals surface area contributed by atoms with E-state index in [0.717, 1.165) is 5.16 Å². The van der Waals surface area contributed by atoms with E-state index in [1.807, 2.05) is 17.8 Å². The maximum atomic E-state index is 11.8. The first-order valence-electron chi connectivity index (χ1n) is 5.40. The molecule has 0 atom stereocenters. The van der Waals surface area contributed by atoms with Gasteiger partial charge in [0.2, 0.25) is 5.91 Å². The molecule has 0 radical (unpaired) electrons. The van der Waals surface area contributed by atoms with E-state index in [2.05, 4.69) is 10.3 Å². The zero-order chi connectivity index (χ0) is 13.8. The summed E-state index contributed by atoms with van der Waals surface area (Å²) in [6, 6.07) is 4.91. The van der Waals surface area contributed by atoms with Gasteiger partial charge in [-0.1, -0.05) is 35.0 Å². The van der Waals surface area contributed by atoms with Crippen LogP contribution in [0, 0.1) is 0 Å². The summed E-state index contributed by atoms with van der Waals surface area (Å²) in [4.78, 5) is 15.9. The van der Waals surface area contributed by atoms with Gasteiger partial charge >= 0.3 is 0 Å². The van der Waals surface area contributed by atoms with Crippen molar-refractivity contribution in [2.75, 3.05) is 11.1 Å². The van der Waals surface area contributed by atoms with Crippen LogP contribution in [0.25, 0.3) is 0 Å². The molecule has 1 aromatic heterocycles. The number of carbonyl (C=O) groups excluding carboxylic acids is 1. The lowest BCUT2D eigenvalue weighted by Crippen LogP contribution is -2.14. The van der Waals surface area contributed by atoms with Gasteiger partial charge < -0.3 is 9.88 Å². The third-order valence-corrected chi connectivity index (χ3v) is 3.75. The molecule has 7 heteroatoms. The van der Waals surface area contributed by atoms with Gasteiger partial charge in [0.15, 0.2) is 5.16 Å². The predicted octanol–water partition coefficient (Wildman–Crippen LogP) is 3.46. The highest BCUT2D eigenvalue weighted by atomic mass is 35.5. The van der Waals surface area contributed by atoms with Crippen LogP contribution in [-0.2, 0) is 11.8 Å². The van der Waals surface area contributed by atoms with Crippen molar-refractivity contribution < 1.29 is 4.79 Å². The van der Waals surface area contributed by atoms with Gasteiger partial charge in [-0.15, -0.1) is 0 Å². The maximum Gasteiger partial charge on any atom is 0.234 e. The third kappa shape index (κ3) is 4.16. The lowest BCUT2D eigenvalue weighted by molar-refractivity contribution is -0.113. The van der Waals surface area contributed by atoms with Crippen molar-refractivity contribution in [1.82, 2.24) is 9.55 Å². The number of aromatic nitrogens is 2. The number of aryl methyl sites for hydroxylation is 1. The van der Waals surface area contributed by atoms with Crippen LogP contribution in [0.3, 0.4) is 0 Å². The molecule has 100 valence electrons.